The molecule has 106 valence electrons. The molecule has 0 saturated heterocycles. The summed E-state index contributed by atoms with van der Waals surface area (Å²) in [5.41, 5.74) is 1.70. The average molecular weight is 279 g/mol. The van der Waals surface area contributed by atoms with Gasteiger partial charge >= 0.3 is 0 Å². The van der Waals surface area contributed by atoms with Crippen molar-refractivity contribution < 1.29 is 5.11 Å². The molecule has 1 aromatic heterocycles. The van der Waals surface area contributed by atoms with E-state index in [9.17, 15) is 5.11 Å². The summed E-state index contributed by atoms with van der Waals surface area (Å²) in [5.74, 6) is 0.851. The largest absolute Gasteiger partial charge is 0.396 e. The lowest BCUT2D eigenvalue weighted by Crippen LogP contribution is -2.44. The van der Waals surface area contributed by atoms with Gasteiger partial charge in [0.2, 0.25) is 0 Å². The SMILES string of the molecule is CC1CCC(CO)(CN2CCc3sccc3C2)CC1. The van der Waals surface area contributed by atoms with E-state index in [1.165, 1.54) is 44.2 Å². The predicted octanol–water partition coefficient (Wildman–Crippen LogP) is 3.30. The summed E-state index contributed by atoms with van der Waals surface area (Å²) in [6.45, 7) is 6.07. The van der Waals surface area contributed by atoms with Gasteiger partial charge < -0.3 is 5.11 Å². The molecule has 1 fully saturated rings. The fourth-order valence-electron chi connectivity index (χ4n) is 3.66. The number of thiophene rings is 1. The van der Waals surface area contributed by atoms with Crippen LogP contribution >= 0.6 is 11.3 Å². The van der Waals surface area contributed by atoms with Gasteiger partial charge in [-0.2, -0.15) is 0 Å². The molecule has 1 aromatic rings. The first kappa shape index (κ1) is 13.6. The molecule has 0 radical (unpaired) electrons. The third-order valence-electron chi connectivity index (χ3n) is 5.12. The third-order valence-corrected chi connectivity index (χ3v) is 6.14. The minimum atomic E-state index is 0.181. The van der Waals surface area contributed by atoms with E-state index < -0.39 is 0 Å². The first-order chi connectivity index (χ1) is 9.21. The van der Waals surface area contributed by atoms with Gasteiger partial charge in [-0.3, -0.25) is 4.90 Å². The van der Waals surface area contributed by atoms with Crippen molar-refractivity contribution in [3.63, 3.8) is 0 Å². The summed E-state index contributed by atoms with van der Waals surface area (Å²) in [4.78, 5) is 4.15. The maximum atomic E-state index is 9.89. The fraction of sp³-hybridized carbons (Fsp3) is 0.750. The van der Waals surface area contributed by atoms with Crippen LogP contribution in [-0.2, 0) is 13.0 Å². The Hall–Kier alpha value is -0.380. The van der Waals surface area contributed by atoms with Gasteiger partial charge in [0.25, 0.3) is 0 Å². The van der Waals surface area contributed by atoms with E-state index in [2.05, 4.69) is 23.3 Å². The molecule has 0 atom stereocenters. The summed E-state index contributed by atoms with van der Waals surface area (Å²) < 4.78 is 0. The molecule has 3 heteroatoms. The van der Waals surface area contributed by atoms with Crippen molar-refractivity contribution in [2.75, 3.05) is 19.7 Å². The van der Waals surface area contributed by atoms with E-state index in [4.69, 9.17) is 0 Å². The van der Waals surface area contributed by atoms with Crippen LogP contribution in [0.5, 0.6) is 0 Å². The lowest BCUT2D eigenvalue weighted by atomic mass is 9.71. The molecule has 19 heavy (non-hydrogen) atoms. The second-order valence-corrected chi connectivity index (χ2v) is 7.67. The molecule has 1 aliphatic carbocycles. The molecule has 0 amide bonds. The first-order valence-corrected chi connectivity index (χ1v) is 8.47. The molecule has 0 unspecified atom stereocenters. The van der Waals surface area contributed by atoms with Crippen molar-refractivity contribution in [3.8, 4) is 0 Å². The zero-order valence-electron chi connectivity index (χ0n) is 11.9. The second kappa shape index (κ2) is 5.55. The van der Waals surface area contributed by atoms with Crippen LogP contribution in [0.15, 0.2) is 11.4 Å². The summed E-state index contributed by atoms with van der Waals surface area (Å²) in [6.07, 6.45) is 6.19. The van der Waals surface area contributed by atoms with Crippen molar-refractivity contribution in [2.45, 2.75) is 45.6 Å². The standard InChI is InChI=1S/C16H25NOS/c1-13-2-6-16(12-18,7-3-13)11-17-8-4-15-14(10-17)5-9-19-15/h5,9,13,18H,2-4,6-8,10-12H2,1H3. The molecule has 0 bridgehead atoms. The van der Waals surface area contributed by atoms with Crippen LogP contribution in [0.25, 0.3) is 0 Å². The van der Waals surface area contributed by atoms with Crippen molar-refractivity contribution in [1.82, 2.24) is 4.90 Å². The van der Waals surface area contributed by atoms with E-state index in [-0.39, 0.29) is 5.41 Å². The maximum Gasteiger partial charge on any atom is 0.0499 e. The van der Waals surface area contributed by atoms with Crippen LogP contribution in [-0.4, -0.2) is 29.7 Å². The van der Waals surface area contributed by atoms with Crippen molar-refractivity contribution >= 4 is 11.3 Å². The third kappa shape index (κ3) is 2.88. The Balaban J connectivity index is 1.64. The molecule has 0 aromatic carbocycles. The number of hydrogen-bond donors (Lipinski definition) is 1. The smallest absolute Gasteiger partial charge is 0.0499 e. The Bertz CT molecular complexity index is 420. The average Bonchev–Trinajstić information content (AvgIpc) is 2.89. The highest BCUT2D eigenvalue weighted by Crippen LogP contribution is 2.40. The number of rotatable bonds is 3. The number of hydrogen-bond acceptors (Lipinski definition) is 3. The highest BCUT2D eigenvalue weighted by atomic mass is 32.1. The molecule has 1 aliphatic heterocycles. The zero-order valence-corrected chi connectivity index (χ0v) is 12.7. The molecule has 1 saturated carbocycles. The quantitative estimate of drug-likeness (QED) is 0.917. The van der Waals surface area contributed by atoms with Gasteiger partial charge in [-0.05, 0) is 42.2 Å². The van der Waals surface area contributed by atoms with E-state index in [0.717, 1.165) is 19.0 Å². The lowest BCUT2D eigenvalue weighted by Gasteiger charge is -2.42. The molecule has 0 spiro atoms. The topological polar surface area (TPSA) is 23.5 Å². The highest BCUT2D eigenvalue weighted by molar-refractivity contribution is 7.10. The van der Waals surface area contributed by atoms with Crippen LogP contribution in [0.1, 0.15) is 43.0 Å². The van der Waals surface area contributed by atoms with E-state index in [1.807, 2.05) is 11.3 Å². The second-order valence-electron chi connectivity index (χ2n) is 6.67. The molecule has 1 N–H and O–H groups in total. The van der Waals surface area contributed by atoms with Crippen molar-refractivity contribution in [3.05, 3.63) is 21.9 Å². The van der Waals surface area contributed by atoms with Gasteiger partial charge in [0, 0.05) is 36.5 Å². The molecule has 2 heterocycles. The van der Waals surface area contributed by atoms with Gasteiger partial charge in [-0.15, -0.1) is 11.3 Å². The summed E-state index contributed by atoms with van der Waals surface area (Å²) in [5, 5.41) is 12.1. The zero-order chi connectivity index (χ0) is 13.3. The minimum absolute atomic E-state index is 0.181. The Morgan fingerprint density at radius 1 is 1.42 bits per heavy atom. The van der Waals surface area contributed by atoms with E-state index in [0.29, 0.717) is 6.61 Å². The summed E-state index contributed by atoms with van der Waals surface area (Å²) in [7, 11) is 0. The van der Waals surface area contributed by atoms with Crippen LogP contribution in [0.4, 0.5) is 0 Å². The van der Waals surface area contributed by atoms with Crippen LogP contribution in [0, 0.1) is 11.3 Å². The van der Waals surface area contributed by atoms with Crippen LogP contribution < -0.4 is 0 Å². The van der Waals surface area contributed by atoms with Gasteiger partial charge in [0.1, 0.15) is 0 Å². The van der Waals surface area contributed by atoms with E-state index >= 15 is 0 Å². The number of nitrogens with zero attached hydrogens (tertiary/aromatic N) is 1. The van der Waals surface area contributed by atoms with Gasteiger partial charge in [0.15, 0.2) is 0 Å². The number of fused-ring (bicyclic) bond motifs is 1. The number of aliphatic hydroxyl groups is 1. The monoisotopic (exact) mass is 279 g/mol. The molecule has 3 rings (SSSR count). The molecule has 2 aliphatic rings. The van der Waals surface area contributed by atoms with Crippen LogP contribution in [0.2, 0.25) is 0 Å². The Morgan fingerprint density at radius 3 is 2.95 bits per heavy atom. The molecular weight excluding hydrogens is 254 g/mol. The Morgan fingerprint density at radius 2 is 2.21 bits per heavy atom. The van der Waals surface area contributed by atoms with Crippen molar-refractivity contribution in [1.29, 1.82) is 0 Å². The minimum Gasteiger partial charge on any atom is -0.396 e. The first-order valence-electron chi connectivity index (χ1n) is 7.59. The fourth-order valence-corrected chi connectivity index (χ4v) is 4.55. The molecule has 2 nitrogen and oxygen atoms in total. The predicted molar refractivity (Wildman–Crippen MR) is 80.5 cm³/mol. The van der Waals surface area contributed by atoms with Crippen molar-refractivity contribution in [2.24, 2.45) is 11.3 Å². The number of aliphatic hydroxyl groups excluding tert-OH is 1. The van der Waals surface area contributed by atoms with Gasteiger partial charge in [0.05, 0.1) is 0 Å². The summed E-state index contributed by atoms with van der Waals surface area (Å²) in [6, 6.07) is 2.28. The van der Waals surface area contributed by atoms with Gasteiger partial charge in [-0.1, -0.05) is 19.8 Å². The summed E-state index contributed by atoms with van der Waals surface area (Å²) >= 11 is 1.90. The Kier molecular flexibility index (Phi) is 3.97. The normalized spacial score (nSPS) is 32.2. The van der Waals surface area contributed by atoms with E-state index in [1.54, 1.807) is 4.88 Å². The Labute approximate surface area is 120 Å². The van der Waals surface area contributed by atoms with Crippen LogP contribution in [0.3, 0.4) is 0 Å². The highest BCUT2D eigenvalue weighted by Gasteiger charge is 2.36. The lowest BCUT2D eigenvalue weighted by molar-refractivity contribution is 0.0255. The van der Waals surface area contributed by atoms with Gasteiger partial charge in [-0.25, -0.2) is 0 Å². The molecular formula is C16H25NOS. The maximum absolute atomic E-state index is 9.89.